The van der Waals surface area contributed by atoms with Crippen molar-refractivity contribution in [3.8, 4) is 0 Å². The summed E-state index contributed by atoms with van der Waals surface area (Å²) in [5.74, 6) is 0. The molecule has 0 heteroatoms. The predicted octanol–water partition coefficient (Wildman–Crippen LogP) is 10.5. The molecule has 0 heterocycles. The van der Waals surface area contributed by atoms with Crippen LogP contribution in [0.2, 0.25) is 0 Å². The fourth-order valence-corrected chi connectivity index (χ4v) is 5.83. The molecule has 0 fully saturated rings. The zero-order valence-electron chi connectivity index (χ0n) is 23.9. The topological polar surface area (TPSA) is 0 Å². The van der Waals surface area contributed by atoms with E-state index in [0.29, 0.717) is 0 Å². The Hall–Kier alpha value is -3.38. The van der Waals surface area contributed by atoms with E-state index in [0.717, 1.165) is 51.4 Å². The van der Waals surface area contributed by atoms with Crippen molar-refractivity contribution in [1.29, 1.82) is 0 Å². The fourth-order valence-electron chi connectivity index (χ4n) is 5.83. The van der Waals surface area contributed by atoms with Gasteiger partial charge in [-0.3, -0.25) is 0 Å². The van der Waals surface area contributed by atoms with Gasteiger partial charge in [0.25, 0.3) is 0 Å². The maximum Gasteiger partial charge on any atom is -0.00211 e. The van der Waals surface area contributed by atoms with Gasteiger partial charge >= 0.3 is 0 Å². The molecule has 0 N–H and O–H groups in total. The van der Waals surface area contributed by atoms with Crippen LogP contribution in [0.4, 0.5) is 0 Å². The lowest BCUT2D eigenvalue weighted by Crippen LogP contribution is -2.06. The normalized spacial score (nSPS) is 10.9. The first kappa shape index (κ1) is 27.6. The maximum absolute atomic E-state index is 2.37. The molecular formula is C38H44. The van der Waals surface area contributed by atoms with Crippen LogP contribution >= 0.6 is 0 Å². The second kappa shape index (κ2) is 14.0. The minimum absolute atomic E-state index is 1.08. The van der Waals surface area contributed by atoms with E-state index in [4.69, 9.17) is 0 Å². The van der Waals surface area contributed by atoms with Gasteiger partial charge in [0.15, 0.2) is 0 Å². The molecule has 0 saturated carbocycles. The van der Waals surface area contributed by atoms with Crippen molar-refractivity contribution in [2.24, 2.45) is 0 Å². The van der Waals surface area contributed by atoms with Gasteiger partial charge in [0.2, 0.25) is 0 Å². The average molecular weight is 501 g/mol. The minimum atomic E-state index is 1.08. The first-order chi connectivity index (χ1) is 18.7. The lowest BCUT2D eigenvalue weighted by Gasteiger charge is -2.25. The van der Waals surface area contributed by atoms with E-state index in [1.54, 1.807) is 0 Å². The molecule has 0 atom stereocenters. The molecule has 4 aromatic rings. The molecule has 0 radical (unpaired) electrons. The minimum Gasteiger partial charge on any atom is -0.0651 e. The summed E-state index contributed by atoms with van der Waals surface area (Å²) in [4.78, 5) is 0. The van der Waals surface area contributed by atoms with Gasteiger partial charge in [0, 0.05) is 0 Å². The van der Waals surface area contributed by atoms with E-state index in [1.165, 1.54) is 55.7 Å². The van der Waals surface area contributed by atoms with Crippen molar-refractivity contribution < 1.29 is 0 Å². The summed E-state index contributed by atoms with van der Waals surface area (Å²) in [5, 5.41) is 0. The average Bonchev–Trinajstić information content (AvgIpc) is 2.95. The number of rotatable bonds is 12. The molecule has 0 amide bonds. The molecular weight excluding hydrogens is 456 g/mol. The van der Waals surface area contributed by atoms with Gasteiger partial charge in [-0.15, -0.1) is 0 Å². The summed E-state index contributed by atoms with van der Waals surface area (Å²) < 4.78 is 0. The van der Waals surface area contributed by atoms with E-state index in [2.05, 4.69) is 125 Å². The molecule has 0 aliphatic rings. The monoisotopic (exact) mass is 500 g/mol. The third-order valence-corrected chi connectivity index (χ3v) is 7.47. The highest BCUT2D eigenvalue weighted by atomic mass is 14.3. The SMILES string of the molecule is CCCc1ccccc1C(=C(c1ccccc1CCC)c1ccccc1CCC)c1ccccc1CCC. The van der Waals surface area contributed by atoms with Crippen LogP contribution < -0.4 is 0 Å². The molecule has 0 spiro atoms. The summed E-state index contributed by atoms with van der Waals surface area (Å²) in [6.07, 6.45) is 8.85. The second-order valence-corrected chi connectivity index (χ2v) is 10.4. The Balaban J connectivity index is 2.23. The molecule has 38 heavy (non-hydrogen) atoms. The summed E-state index contributed by atoms with van der Waals surface area (Å²) in [6.45, 7) is 9.16. The van der Waals surface area contributed by atoms with Crippen LogP contribution in [0, 0.1) is 0 Å². The molecule has 4 rings (SSSR count). The first-order valence-corrected chi connectivity index (χ1v) is 14.8. The van der Waals surface area contributed by atoms with E-state index in [9.17, 15) is 0 Å². The number of hydrogen-bond donors (Lipinski definition) is 0. The highest BCUT2D eigenvalue weighted by Crippen LogP contribution is 2.42. The van der Waals surface area contributed by atoms with Gasteiger partial charge in [-0.25, -0.2) is 0 Å². The Bertz CT molecular complexity index is 1150. The molecule has 0 aliphatic carbocycles. The van der Waals surface area contributed by atoms with Gasteiger partial charge in [0.1, 0.15) is 0 Å². The van der Waals surface area contributed by atoms with Gasteiger partial charge in [-0.1, -0.05) is 150 Å². The van der Waals surface area contributed by atoms with Crippen LogP contribution in [0.15, 0.2) is 97.1 Å². The summed E-state index contributed by atoms with van der Waals surface area (Å²) in [6, 6.07) is 36.6. The quantitative estimate of drug-likeness (QED) is 0.170. The van der Waals surface area contributed by atoms with Gasteiger partial charge in [-0.2, -0.15) is 0 Å². The maximum atomic E-state index is 2.37. The van der Waals surface area contributed by atoms with Crippen LogP contribution in [0.25, 0.3) is 11.1 Å². The van der Waals surface area contributed by atoms with Crippen LogP contribution in [-0.4, -0.2) is 0 Å². The Kier molecular flexibility index (Phi) is 10.2. The molecule has 0 bridgehead atoms. The third-order valence-electron chi connectivity index (χ3n) is 7.47. The Labute approximate surface area is 231 Å². The zero-order chi connectivity index (χ0) is 26.7. The molecule has 0 aliphatic heterocycles. The smallest absolute Gasteiger partial charge is 0.00211 e. The van der Waals surface area contributed by atoms with Crippen molar-refractivity contribution in [3.63, 3.8) is 0 Å². The largest absolute Gasteiger partial charge is 0.0651 e. The van der Waals surface area contributed by atoms with Crippen LogP contribution in [0.1, 0.15) is 97.9 Å². The summed E-state index contributed by atoms with van der Waals surface area (Å²) in [7, 11) is 0. The molecule has 0 saturated heterocycles. The van der Waals surface area contributed by atoms with E-state index in [-0.39, 0.29) is 0 Å². The molecule has 0 nitrogen and oxygen atoms in total. The van der Waals surface area contributed by atoms with Crippen molar-refractivity contribution in [2.75, 3.05) is 0 Å². The second-order valence-electron chi connectivity index (χ2n) is 10.4. The lowest BCUT2D eigenvalue weighted by molar-refractivity contribution is 0.910. The molecule has 196 valence electrons. The summed E-state index contributed by atoms with van der Waals surface area (Å²) in [5.41, 5.74) is 14.1. The Morgan fingerprint density at radius 2 is 0.553 bits per heavy atom. The van der Waals surface area contributed by atoms with Crippen molar-refractivity contribution in [3.05, 3.63) is 142 Å². The highest BCUT2D eigenvalue weighted by Gasteiger charge is 2.23. The van der Waals surface area contributed by atoms with Crippen LogP contribution in [0.3, 0.4) is 0 Å². The lowest BCUT2D eigenvalue weighted by atomic mass is 9.79. The number of aryl methyl sites for hydroxylation is 4. The van der Waals surface area contributed by atoms with Gasteiger partial charge in [-0.05, 0) is 81.3 Å². The van der Waals surface area contributed by atoms with Gasteiger partial charge < -0.3 is 0 Å². The number of benzene rings is 4. The zero-order valence-corrected chi connectivity index (χ0v) is 23.9. The van der Waals surface area contributed by atoms with Gasteiger partial charge in [0.05, 0.1) is 0 Å². The first-order valence-electron chi connectivity index (χ1n) is 14.8. The van der Waals surface area contributed by atoms with E-state index >= 15 is 0 Å². The third kappa shape index (κ3) is 6.18. The standard InChI is InChI=1S/C38H44/c1-5-17-29-21-9-13-25-33(29)37(34-26-14-10-22-30(34)18-6-2)38(35-27-15-11-23-31(35)19-7-3)36-28-16-12-24-32(36)20-8-4/h9-16,21-28H,5-8,17-20H2,1-4H3. The van der Waals surface area contributed by atoms with Crippen molar-refractivity contribution in [2.45, 2.75) is 79.1 Å². The van der Waals surface area contributed by atoms with E-state index < -0.39 is 0 Å². The predicted molar refractivity (Wildman–Crippen MR) is 167 cm³/mol. The van der Waals surface area contributed by atoms with E-state index in [1.807, 2.05) is 0 Å². The van der Waals surface area contributed by atoms with Crippen molar-refractivity contribution >= 4 is 11.1 Å². The molecule has 0 unspecified atom stereocenters. The van der Waals surface area contributed by atoms with Crippen LogP contribution in [0.5, 0.6) is 0 Å². The summed E-state index contributed by atoms with van der Waals surface area (Å²) >= 11 is 0. The van der Waals surface area contributed by atoms with Crippen LogP contribution in [-0.2, 0) is 25.7 Å². The molecule has 4 aromatic carbocycles. The highest BCUT2D eigenvalue weighted by molar-refractivity contribution is 6.06. The Morgan fingerprint density at radius 3 is 0.763 bits per heavy atom. The fraction of sp³-hybridized carbons (Fsp3) is 0.316. The number of hydrogen-bond acceptors (Lipinski definition) is 0. The Morgan fingerprint density at radius 1 is 0.342 bits per heavy atom. The van der Waals surface area contributed by atoms with Crippen molar-refractivity contribution in [1.82, 2.24) is 0 Å². The molecule has 0 aromatic heterocycles.